The van der Waals surface area contributed by atoms with Crippen LogP contribution in [-0.2, 0) is 20.9 Å². The van der Waals surface area contributed by atoms with Crippen molar-refractivity contribution in [1.29, 1.82) is 0 Å². The Morgan fingerprint density at radius 2 is 1.83 bits per heavy atom. The van der Waals surface area contributed by atoms with E-state index in [0.29, 0.717) is 32.8 Å². The van der Waals surface area contributed by atoms with Gasteiger partial charge >= 0.3 is 0 Å². The fourth-order valence-electron chi connectivity index (χ4n) is 4.14. The predicted molar refractivity (Wildman–Crippen MR) is 115 cm³/mol. The second-order valence-electron chi connectivity index (χ2n) is 7.88. The van der Waals surface area contributed by atoms with E-state index in [1.54, 1.807) is 0 Å². The second kappa shape index (κ2) is 9.15. The second-order valence-corrected chi connectivity index (χ2v) is 7.88. The van der Waals surface area contributed by atoms with Crippen molar-refractivity contribution >= 4 is 40.8 Å². The minimum Gasteiger partial charge on any atom is -0.378 e. The minimum absolute atomic E-state index is 0. The van der Waals surface area contributed by atoms with Crippen molar-refractivity contribution in [2.24, 2.45) is 5.73 Å². The number of nitrogens with two attached hydrogens (primary N) is 1. The summed E-state index contributed by atoms with van der Waals surface area (Å²) in [5.74, 6) is -0.00553. The van der Waals surface area contributed by atoms with Crippen molar-refractivity contribution in [1.82, 2.24) is 9.47 Å². The molecule has 3 N–H and O–H groups in total. The number of ether oxygens (including phenoxy) is 1. The zero-order valence-electron chi connectivity index (χ0n) is 16.6. The topological polar surface area (TPSA) is 89.6 Å². The summed E-state index contributed by atoms with van der Waals surface area (Å²) in [6.07, 6.45) is 6.54. The highest BCUT2D eigenvalue weighted by Gasteiger charge is 2.35. The number of amides is 2. The monoisotopic (exact) mass is 420 g/mol. The first-order valence-electron chi connectivity index (χ1n) is 10.1. The number of rotatable bonds is 4. The number of nitrogens with zero attached hydrogens (tertiary/aromatic N) is 2. The van der Waals surface area contributed by atoms with Crippen LogP contribution in [-0.4, -0.2) is 53.1 Å². The van der Waals surface area contributed by atoms with Crippen LogP contribution >= 0.6 is 12.4 Å². The predicted octanol–water partition coefficient (Wildman–Crippen LogP) is 2.52. The van der Waals surface area contributed by atoms with E-state index < -0.39 is 5.54 Å². The molecule has 29 heavy (non-hydrogen) atoms. The summed E-state index contributed by atoms with van der Waals surface area (Å²) in [6, 6.07) is 7.73. The summed E-state index contributed by atoms with van der Waals surface area (Å²) in [4.78, 5) is 27.0. The standard InChI is InChI=1S/C21H28N4O3.ClH/c22-21(7-2-1-3-8-21)20(27)23-17-4-5-18-16(14-17)6-9-25(18)15-19(26)24-10-12-28-13-11-24;/h4-6,9,14H,1-3,7-8,10-13,15,22H2,(H,23,27);1H. The Labute approximate surface area is 177 Å². The minimum atomic E-state index is -0.760. The lowest BCUT2D eigenvalue weighted by atomic mass is 9.82. The molecule has 0 atom stereocenters. The highest BCUT2D eigenvalue weighted by Crippen LogP contribution is 2.28. The number of carbonyl (C=O) groups excluding carboxylic acids is 2. The van der Waals surface area contributed by atoms with Gasteiger partial charge < -0.3 is 25.3 Å². The van der Waals surface area contributed by atoms with Gasteiger partial charge in [-0.2, -0.15) is 0 Å². The van der Waals surface area contributed by atoms with Gasteiger partial charge in [0, 0.05) is 35.9 Å². The maximum Gasteiger partial charge on any atom is 0.244 e. The normalized spacial score (nSPS) is 18.9. The molecule has 2 heterocycles. The summed E-state index contributed by atoms with van der Waals surface area (Å²) in [5.41, 5.74) is 7.28. The zero-order chi connectivity index (χ0) is 19.6. The van der Waals surface area contributed by atoms with Crippen molar-refractivity contribution in [3.05, 3.63) is 30.5 Å². The molecular weight excluding hydrogens is 392 g/mol. The molecule has 2 aromatic rings. The quantitative estimate of drug-likeness (QED) is 0.795. The van der Waals surface area contributed by atoms with E-state index in [0.717, 1.165) is 48.7 Å². The van der Waals surface area contributed by atoms with Gasteiger partial charge in [-0.05, 0) is 37.1 Å². The zero-order valence-corrected chi connectivity index (χ0v) is 17.4. The number of halogens is 1. The van der Waals surface area contributed by atoms with Crippen LogP contribution < -0.4 is 11.1 Å². The molecule has 7 nitrogen and oxygen atoms in total. The van der Waals surface area contributed by atoms with E-state index in [1.807, 2.05) is 39.9 Å². The van der Waals surface area contributed by atoms with E-state index >= 15 is 0 Å². The van der Waals surface area contributed by atoms with Crippen LogP contribution in [0.1, 0.15) is 32.1 Å². The molecule has 4 rings (SSSR count). The summed E-state index contributed by atoms with van der Waals surface area (Å²) < 4.78 is 7.26. The number of fused-ring (bicyclic) bond motifs is 1. The van der Waals surface area contributed by atoms with Gasteiger partial charge in [-0.3, -0.25) is 9.59 Å². The summed E-state index contributed by atoms with van der Waals surface area (Å²) in [6.45, 7) is 2.80. The van der Waals surface area contributed by atoms with Gasteiger partial charge in [-0.15, -0.1) is 12.4 Å². The molecule has 2 amide bonds. The number of hydrogen-bond acceptors (Lipinski definition) is 4. The number of hydrogen-bond donors (Lipinski definition) is 2. The van der Waals surface area contributed by atoms with E-state index in [2.05, 4.69) is 5.32 Å². The lowest BCUT2D eigenvalue weighted by Crippen LogP contribution is -2.52. The Balaban J connectivity index is 0.00000240. The maximum atomic E-state index is 12.6. The number of benzene rings is 1. The Bertz CT molecular complexity index is 870. The van der Waals surface area contributed by atoms with Crippen LogP contribution in [0.5, 0.6) is 0 Å². The first-order chi connectivity index (χ1) is 13.5. The van der Waals surface area contributed by atoms with Crippen LogP contribution in [0.3, 0.4) is 0 Å². The average Bonchev–Trinajstić information content (AvgIpc) is 3.11. The van der Waals surface area contributed by atoms with Gasteiger partial charge in [-0.1, -0.05) is 19.3 Å². The summed E-state index contributed by atoms with van der Waals surface area (Å²) in [5, 5.41) is 3.97. The van der Waals surface area contributed by atoms with Crippen LogP contribution in [0.2, 0.25) is 0 Å². The lowest BCUT2D eigenvalue weighted by molar-refractivity contribution is -0.135. The molecule has 1 aromatic heterocycles. The molecule has 1 aromatic carbocycles. The number of morpholine rings is 1. The molecule has 1 saturated carbocycles. The molecule has 8 heteroatoms. The largest absolute Gasteiger partial charge is 0.378 e. The Hall–Kier alpha value is -2.09. The molecule has 2 fully saturated rings. The van der Waals surface area contributed by atoms with Crippen molar-refractivity contribution in [3.8, 4) is 0 Å². The third-order valence-electron chi connectivity index (χ3n) is 5.90. The Morgan fingerprint density at radius 3 is 2.55 bits per heavy atom. The van der Waals surface area contributed by atoms with Crippen molar-refractivity contribution in [3.63, 3.8) is 0 Å². The Morgan fingerprint density at radius 1 is 1.10 bits per heavy atom. The van der Waals surface area contributed by atoms with Gasteiger partial charge in [0.15, 0.2) is 0 Å². The number of anilines is 1. The van der Waals surface area contributed by atoms with Crippen molar-refractivity contribution < 1.29 is 14.3 Å². The van der Waals surface area contributed by atoms with Crippen LogP contribution in [0.25, 0.3) is 10.9 Å². The number of carbonyl (C=O) groups is 2. The van der Waals surface area contributed by atoms with Gasteiger partial charge in [0.2, 0.25) is 11.8 Å². The average molecular weight is 421 g/mol. The molecule has 0 unspecified atom stereocenters. The molecule has 0 bridgehead atoms. The molecule has 1 aliphatic heterocycles. The third kappa shape index (κ3) is 4.74. The molecule has 158 valence electrons. The maximum absolute atomic E-state index is 12.6. The smallest absolute Gasteiger partial charge is 0.244 e. The lowest BCUT2D eigenvalue weighted by Gasteiger charge is -2.31. The highest BCUT2D eigenvalue weighted by atomic mass is 35.5. The van der Waals surface area contributed by atoms with E-state index in [4.69, 9.17) is 10.5 Å². The molecule has 0 spiro atoms. The van der Waals surface area contributed by atoms with Crippen molar-refractivity contribution in [2.75, 3.05) is 31.6 Å². The van der Waals surface area contributed by atoms with E-state index in [-0.39, 0.29) is 24.2 Å². The first-order valence-corrected chi connectivity index (χ1v) is 10.1. The fourth-order valence-corrected chi connectivity index (χ4v) is 4.14. The van der Waals surface area contributed by atoms with Gasteiger partial charge in [0.25, 0.3) is 0 Å². The third-order valence-corrected chi connectivity index (χ3v) is 5.90. The number of nitrogens with one attached hydrogen (secondary N) is 1. The van der Waals surface area contributed by atoms with Gasteiger partial charge in [0.1, 0.15) is 6.54 Å². The van der Waals surface area contributed by atoms with Crippen LogP contribution in [0.15, 0.2) is 30.5 Å². The summed E-state index contributed by atoms with van der Waals surface area (Å²) >= 11 is 0. The van der Waals surface area contributed by atoms with E-state index in [9.17, 15) is 9.59 Å². The molecule has 1 saturated heterocycles. The van der Waals surface area contributed by atoms with Gasteiger partial charge in [0.05, 0.1) is 18.8 Å². The van der Waals surface area contributed by atoms with Gasteiger partial charge in [-0.25, -0.2) is 0 Å². The molecule has 1 aliphatic carbocycles. The van der Waals surface area contributed by atoms with E-state index in [1.165, 1.54) is 0 Å². The van der Waals surface area contributed by atoms with Crippen LogP contribution in [0, 0.1) is 0 Å². The number of aromatic nitrogens is 1. The van der Waals surface area contributed by atoms with Crippen molar-refractivity contribution in [2.45, 2.75) is 44.2 Å². The molecular formula is C21H29ClN4O3. The molecule has 2 aliphatic rings. The SMILES string of the molecule is Cl.NC1(C(=O)Nc2ccc3c(ccn3CC(=O)N3CCOCC3)c2)CCCCC1. The first kappa shape index (κ1) is 21.6. The highest BCUT2D eigenvalue weighted by molar-refractivity contribution is 5.99. The molecule has 0 radical (unpaired) electrons. The fraction of sp³-hybridized carbons (Fsp3) is 0.524. The Kier molecular flexibility index (Phi) is 6.82. The summed E-state index contributed by atoms with van der Waals surface area (Å²) in [7, 11) is 0. The van der Waals surface area contributed by atoms with Crippen LogP contribution in [0.4, 0.5) is 5.69 Å².